The van der Waals surface area contributed by atoms with Gasteiger partial charge in [-0.25, -0.2) is 4.57 Å². The van der Waals surface area contributed by atoms with Crippen molar-refractivity contribution in [3.8, 4) is 45.4 Å². The minimum absolute atomic E-state index is 0.00307. The maximum Gasteiger partial charge on any atom is 0.295 e. The summed E-state index contributed by atoms with van der Waals surface area (Å²) in [6.07, 6.45) is 0. The average Bonchev–Trinajstić information content (AvgIpc) is 3.77. The van der Waals surface area contributed by atoms with Crippen LogP contribution in [-0.4, -0.2) is 15.8 Å². The van der Waals surface area contributed by atoms with Crippen molar-refractivity contribution in [2.45, 2.75) is 125 Å². The Morgan fingerprint density at radius 3 is 1.85 bits per heavy atom. The van der Waals surface area contributed by atoms with Crippen molar-refractivity contribution >= 4 is 55.9 Å². The van der Waals surface area contributed by atoms with Gasteiger partial charge in [0.05, 0.1) is 18.1 Å². The smallest absolute Gasteiger partial charge is 0.295 e. The third-order valence-corrected chi connectivity index (χ3v) is 15.4. The number of aryl methyl sites for hydroxylation is 2. The fourth-order valence-corrected chi connectivity index (χ4v) is 11.5. The molecule has 0 saturated heterocycles. The monoisotopic (exact) mass is 893 g/mol. The van der Waals surface area contributed by atoms with Crippen LogP contribution in [0.3, 0.4) is 0 Å². The van der Waals surface area contributed by atoms with Crippen LogP contribution in [-0.2, 0) is 23.3 Å². The summed E-state index contributed by atoms with van der Waals surface area (Å²) in [6, 6.07) is 46.9. The minimum atomic E-state index is -0.0479. The third kappa shape index (κ3) is 6.66. The van der Waals surface area contributed by atoms with E-state index in [4.69, 9.17) is 4.74 Å². The highest BCUT2D eigenvalue weighted by Gasteiger charge is 2.42. The lowest BCUT2D eigenvalue weighted by atomic mass is 9.34. The molecule has 0 radical (unpaired) electrons. The highest BCUT2D eigenvalue weighted by molar-refractivity contribution is 6.99. The van der Waals surface area contributed by atoms with E-state index < -0.39 is 0 Å². The molecule has 0 amide bonds. The number of ether oxygens (including phenoxy) is 1. The van der Waals surface area contributed by atoms with Gasteiger partial charge in [-0.05, 0) is 139 Å². The highest BCUT2D eigenvalue weighted by atomic mass is 16.5. The molecule has 11 rings (SSSR count). The summed E-state index contributed by atoms with van der Waals surface area (Å²) in [5, 5.41) is 2.63. The van der Waals surface area contributed by atoms with Crippen LogP contribution in [0, 0.1) is 6.92 Å². The first-order valence-corrected chi connectivity index (χ1v) is 25.0. The van der Waals surface area contributed by atoms with Gasteiger partial charge in [0.15, 0.2) is 11.0 Å². The molecule has 0 aliphatic carbocycles. The largest absolute Gasteiger partial charge is 0.458 e. The Balaban J connectivity index is 1.22. The summed E-state index contributed by atoms with van der Waals surface area (Å²) >= 11 is 0. The Kier molecular flexibility index (Phi) is 9.81. The third-order valence-electron chi connectivity index (χ3n) is 15.4. The molecule has 4 nitrogen and oxygen atoms in total. The maximum absolute atomic E-state index is 7.24. The van der Waals surface area contributed by atoms with Crippen molar-refractivity contribution in [3.05, 3.63) is 155 Å². The van der Waals surface area contributed by atoms with E-state index in [1.165, 1.54) is 105 Å². The van der Waals surface area contributed by atoms with Crippen LogP contribution in [0.2, 0.25) is 0 Å². The zero-order valence-corrected chi connectivity index (χ0v) is 43.0. The average molecular weight is 893 g/mol. The Bertz CT molecular complexity index is 3550. The van der Waals surface area contributed by atoms with Gasteiger partial charge >= 0.3 is 0 Å². The molecule has 0 atom stereocenters. The van der Waals surface area contributed by atoms with E-state index in [1.807, 2.05) is 0 Å². The normalized spacial score (nSPS) is 13.6. The Morgan fingerprint density at radius 1 is 0.544 bits per heavy atom. The first kappa shape index (κ1) is 44.2. The lowest BCUT2D eigenvalue weighted by Gasteiger charge is -2.35. The van der Waals surface area contributed by atoms with Gasteiger partial charge in [0.25, 0.3) is 12.5 Å². The number of fused-ring (bicyclic) bond motifs is 8. The maximum atomic E-state index is 7.24. The van der Waals surface area contributed by atoms with Gasteiger partial charge in [0, 0.05) is 33.1 Å². The second kappa shape index (κ2) is 15.1. The molecule has 9 aromatic rings. The molecule has 0 unspecified atom stereocenters. The molecule has 0 fully saturated rings. The number of benzene rings is 7. The van der Waals surface area contributed by atoms with Gasteiger partial charge in [-0.2, -0.15) is 4.57 Å². The standard InChI is InChI=1S/C63H67BN3O/c1-36(2)44-19-18-20-45(37(3)4)58(44)67-53-22-17-16-21-52(53)65(15)60(67)46-29-39(24-23-38(46)5)40-30-54-57-56(31-40)68-55-28-26-42(62(9,10)11)34-49(55)64(57)50-35-43(63(12,13)14)33-48-47-32-41(61(6,7)8)25-27-51(47)66(54)59(48)50/h16-37H,1-15H3/q+1. The zero-order valence-electron chi connectivity index (χ0n) is 43.0. The summed E-state index contributed by atoms with van der Waals surface area (Å²) in [7, 11) is 2.24. The molecule has 5 heteroatoms. The van der Waals surface area contributed by atoms with Crippen molar-refractivity contribution in [1.29, 1.82) is 0 Å². The number of hydrogen-bond donors (Lipinski definition) is 0. The molecule has 0 saturated carbocycles. The van der Waals surface area contributed by atoms with Crippen LogP contribution in [0.25, 0.3) is 66.7 Å². The second-order valence-corrected chi connectivity index (χ2v) is 23.8. The fourth-order valence-electron chi connectivity index (χ4n) is 11.5. The first-order valence-electron chi connectivity index (χ1n) is 25.0. The van der Waals surface area contributed by atoms with Crippen LogP contribution in [0.4, 0.5) is 0 Å². The summed E-state index contributed by atoms with van der Waals surface area (Å²) in [5.74, 6) is 3.74. The van der Waals surface area contributed by atoms with Gasteiger partial charge in [-0.15, -0.1) is 0 Å². The quantitative estimate of drug-likeness (QED) is 0.125. The van der Waals surface area contributed by atoms with E-state index in [1.54, 1.807) is 0 Å². The SMILES string of the molecule is Cc1ccc(-c2cc3c4c(c2)-n2c5ccc(C(C)(C)C)cc5c5cc(C(C)(C)C)cc(c52)B4c2cc(C(C)(C)C)ccc2O3)cc1-c1n(-c2c(C(C)C)cccc2C(C)C)c2ccccc2[n+]1C. The van der Waals surface area contributed by atoms with Crippen LogP contribution in [0.15, 0.2) is 121 Å². The van der Waals surface area contributed by atoms with Crippen LogP contribution in [0.5, 0.6) is 11.5 Å². The molecule has 2 aliphatic rings. The van der Waals surface area contributed by atoms with Crippen molar-refractivity contribution in [2.75, 3.05) is 0 Å². The van der Waals surface area contributed by atoms with Gasteiger partial charge in [-0.3, -0.25) is 0 Å². The van der Waals surface area contributed by atoms with E-state index in [0.29, 0.717) is 11.8 Å². The number of aromatic nitrogens is 3. The first-order chi connectivity index (χ1) is 32.1. The van der Waals surface area contributed by atoms with E-state index in [2.05, 4.69) is 239 Å². The number of imidazole rings is 1. The van der Waals surface area contributed by atoms with Gasteiger partial charge in [-0.1, -0.05) is 157 Å². The molecule has 2 aromatic heterocycles. The molecular weight excluding hydrogens is 826 g/mol. The lowest BCUT2D eigenvalue weighted by Crippen LogP contribution is -2.58. The summed E-state index contributed by atoms with van der Waals surface area (Å²) in [4.78, 5) is 0. The Morgan fingerprint density at radius 2 is 1.18 bits per heavy atom. The van der Waals surface area contributed by atoms with E-state index in [0.717, 1.165) is 22.6 Å². The fraction of sp³-hybridized carbons (Fsp3) is 0.317. The number of nitrogens with zero attached hydrogens (tertiary/aromatic N) is 3. The molecule has 0 bridgehead atoms. The molecule has 0 spiro atoms. The number of rotatable bonds is 5. The lowest BCUT2D eigenvalue weighted by molar-refractivity contribution is -0.633. The van der Waals surface area contributed by atoms with Crippen LogP contribution in [0.1, 0.15) is 135 Å². The Hall–Kier alpha value is -6.33. The molecule has 7 aromatic carbocycles. The Labute approximate surface area is 404 Å². The van der Waals surface area contributed by atoms with E-state index in [-0.39, 0.29) is 23.0 Å². The second-order valence-electron chi connectivity index (χ2n) is 23.8. The predicted octanol–water partition coefficient (Wildman–Crippen LogP) is 14.3. The number of hydrogen-bond acceptors (Lipinski definition) is 1. The summed E-state index contributed by atoms with van der Waals surface area (Å²) < 4.78 is 14.8. The minimum Gasteiger partial charge on any atom is -0.458 e. The summed E-state index contributed by atoms with van der Waals surface area (Å²) in [5.41, 5.74) is 22.7. The number of para-hydroxylation sites is 3. The van der Waals surface area contributed by atoms with Crippen molar-refractivity contribution in [1.82, 2.24) is 9.13 Å². The highest BCUT2D eigenvalue weighted by Crippen LogP contribution is 2.44. The van der Waals surface area contributed by atoms with Gasteiger partial charge in [0.2, 0.25) is 0 Å². The van der Waals surface area contributed by atoms with Gasteiger partial charge < -0.3 is 9.30 Å². The molecule has 4 heterocycles. The van der Waals surface area contributed by atoms with Crippen LogP contribution < -0.4 is 25.7 Å². The van der Waals surface area contributed by atoms with E-state index >= 15 is 0 Å². The molecule has 68 heavy (non-hydrogen) atoms. The summed E-state index contributed by atoms with van der Waals surface area (Å²) in [6.45, 7) is 32.5. The van der Waals surface area contributed by atoms with Crippen molar-refractivity contribution in [2.24, 2.45) is 7.05 Å². The van der Waals surface area contributed by atoms with Crippen LogP contribution >= 0.6 is 0 Å². The zero-order chi connectivity index (χ0) is 48.1. The van der Waals surface area contributed by atoms with E-state index in [9.17, 15) is 0 Å². The van der Waals surface area contributed by atoms with Crippen molar-refractivity contribution < 1.29 is 9.30 Å². The van der Waals surface area contributed by atoms with Crippen molar-refractivity contribution in [3.63, 3.8) is 0 Å². The topological polar surface area (TPSA) is 23.0 Å². The molecule has 342 valence electrons. The molecular formula is C63H67BN3O+. The molecule has 2 aliphatic heterocycles. The van der Waals surface area contributed by atoms with Gasteiger partial charge in [0.1, 0.15) is 17.2 Å². The predicted molar refractivity (Wildman–Crippen MR) is 290 cm³/mol. The molecule has 0 N–H and O–H groups in total.